The van der Waals surface area contributed by atoms with Gasteiger partial charge in [-0.1, -0.05) is 55.0 Å². The van der Waals surface area contributed by atoms with Gasteiger partial charge in [-0.05, 0) is 31.4 Å². The molecule has 2 aromatic carbocycles. The third-order valence-electron chi connectivity index (χ3n) is 3.82. The van der Waals surface area contributed by atoms with Crippen LogP contribution in [-0.2, 0) is 6.42 Å². The van der Waals surface area contributed by atoms with Crippen molar-refractivity contribution >= 4 is 0 Å². The highest BCUT2D eigenvalue weighted by molar-refractivity contribution is 5.61. The summed E-state index contributed by atoms with van der Waals surface area (Å²) in [6, 6.07) is 14.9. The molecule has 3 aromatic rings. The molecule has 0 atom stereocenters. The van der Waals surface area contributed by atoms with Crippen molar-refractivity contribution in [2.45, 2.75) is 27.2 Å². The molecule has 0 unspecified atom stereocenters. The lowest BCUT2D eigenvalue weighted by Gasteiger charge is -2.16. The van der Waals surface area contributed by atoms with Gasteiger partial charge in [-0.3, -0.25) is 4.57 Å². The summed E-state index contributed by atoms with van der Waals surface area (Å²) in [4.78, 5) is 4.56. The van der Waals surface area contributed by atoms with Crippen LogP contribution in [0.2, 0.25) is 0 Å². The fraction of sp³-hybridized carbons (Fsp3) is 0.211. The van der Waals surface area contributed by atoms with Crippen LogP contribution in [0.25, 0.3) is 17.1 Å². The number of aryl methyl sites for hydroxylation is 3. The Hall–Kier alpha value is -2.35. The summed E-state index contributed by atoms with van der Waals surface area (Å²) in [6.45, 7) is 6.54. The molecule has 0 radical (unpaired) electrons. The van der Waals surface area contributed by atoms with E-state index in [4.69, 9.17) is 0 Å². The van der Waals surface area contributed by atoms with Crippen LogP contribution in [0.3, 0.4) is 0 Å². The molecule has 0 fully saturated rings. The van der Waals surface area contributed by atoms with E-state index in [9.17, 15) is 0 Å². The highest BCUT2D eigenvalue weighted by atomic mass is 15.1. The van der Waals surface area contributed by atoms with Crippen LogP contribution in [0.15, 0.2) is 54.9 Å². The van der Waals surface area contributed by atoms with Crippen LogP contribution >= 0.6 is 0 Å². The van der Waals surface area contributed by atoms with Gasteiger partial charge in [0.25, 0.3) is 0 Å². The first-order valence-electron chi connectivity index (χ1n) is 7.40. The van der Waals surface area contributed by atoms with Crippen molar-refractivity contribution in [2.75, 3.05) is 0 Å². The van der Waals surface area contributed by atoms with Crippen molar-refractivity contribution in [3.63, 3.8) is 0 Å². The van der Waals surface area contributed by atoms with Crippen LogP contribution in [0.4, 0.5) is 0 Å². The maximum atomic E-state index is 4.56. The van der Waals surface area contributed by atoms with Crippen molar-refractivity contribution in [3.05, 3.63) is 71.5 Å². The summed E-state index contributed by atoms with van der Waals surface area (Å²) in [5.74, 6) is 0.997. The zero-order valence-electron chi connectivity index (χ0n) is 12.8. The molecule has 3 rings (SSSR count). The lowest BCUT2D eigenvalue weighted by atomic mass is 10.0. The van der Waals surface area contributed by atoms with Crippen molar-refractivity contribution in [1.82, 2.24) is 9.55 Å². The van der Waals surface area contributed by atoms with Gasteiger partial charge < -0.3 is 0 Å². The third-order valence-corrected chi connectivity index (χ3v) is 3.82. The largest absolute Gasteiger partial charge is 0.299 e. The number of nitrogens with zero attached hydrogens (tertiary/aromatic N) is 2. The van der Waals surface area contributed by atoms with Gasteiger partial charge >= 0.3 is 0 Å². The summed E-state index contributed by atoms with van der Waals surface area (Å²) >= 11 is 0. The summed E-state index contributed by atoms with van der Waals surface area (Å²) in [7, 11) is 0. The minimum absolute atomic E-state index is 0.997. The average Bonchev–Trinajstić information content (AvgIpc) is 2.96. The van der Waals surface area contributed by atoms with Crippen molar-refractivity contribution < 1.29 is 0 Å². The normalized spacial score (nSPS) is 10.8. The van der Waals surface area contributed by atoms with E-state index in [0.717, 1.165) is 17.8 Å². The van der Waals surface area contributed by atoms with E-state index in [1.807, 2.05) is 12.3 Å². The third kappa shape index (κ3) is 2.49. The van der Waals surface area contributed by atoms with Gasteiger partial charge in [0.15, 0.2) is 0 Å². The quantitative estimate of drug-likeness (QED) is 0.677. The number of aromatic nitrogens is 2. The van der Waals surface area contributed by atoms with Gasteiger partial charge in [0, 0.05) is 18.0 Å². The molecule has 1 heterocycles. The van der Waals surface area contributed by atoms with Crippen LogP contribution in [-0.4, -0.2) is 9.55 Å². The second-order valence-corrected chi connectivity index (χ2v) is 5.43. The first-order valence-corrected chi connectivity index (χ1v) is 7.40. The standard InChI is InChI=1S/C19H20N2/c1-4-16-13-14(2)12-15(3)18(16)21-11-10-20-19(21)17-8-6-5-7-9-17/h5-13H,4H2,1-3H3. The molecule has 0 N–H and O–H groups in total. The van der Waals surface area contributed by atoms with Crippen LogP contribution < -0.4 is 0 Å². The van der Waals surface area contributed by atoms with Gasteiger partial charge in [0.2, 0.25) is 0 Å². The summed E-state index contributed by atoms with van der Waals surface area (Å²) < 4.78 is 2.21. The Morgan fingerprint density at radius 1 is 1.05 bits per heavy atom. The molecule has 0 spiro atoms. The summed E-state index contributed by atoms with van der Waals surface area (Å²) in [5.41, 5.74) is 6.38. The van der Waals surface area contributed by atoms with E-state index in [2.05, 4.69) is 72.9 Å². The van der Waals surface area contributed by atoms with E-state index in [0.29, 0.717) is 0 Å². The Morgan fingerprint density at radius 3 is 2.52 bits per heavy atom. The SMILES string of the molecule is CCc1cc(C)cc(C)c1-n1ccnc1-c1ccccc1. The molecular weight excluding hydrogens is 256 g/mol. The maximum absolute atomic E-state index is 4.56. The minimum Gasteiger partial charge on any atom is -0.299 e. The number of rotatable bonds is 3. The molecule has 2 heteroatoms. The molecule has 0 aliphatic heterocycles. The van der Waals surface area contributed by atoms with Gasteiger partial charge in [0.1, 0.15) is 5.82 Å². The van der Waals surface area contributed by atoms with E-state index >= 15 is 0 Å². The predicted octanol–water partition coefficient (Wildman–Crippen LogP) is 4.72. The van der Waals surface area contributed by atoms with E-state index < -0.39 is 0 Å². The Morgan fingerprint density at radius 2 is 1.81 bits per heavy atom. The molecule has 21 heavy (non-hydrogen) atoms. The number of hydrogen-bond acceptors (Lipinski definition) is 1. The monoisotopic (exact) mass is 276 g/mol. The van der Waals surface area contributed by atoms with Crippen LogP contribution in [0, 0.1) is 13.8 Å². The summed E-state index contributed by atoms with van der Waals surface area (Å²) in [5, 5.41) is 0. The van der Waals surface area contributed by atoms with Crippen molar-refractivity contribution in [2.24, 2.45) is 0 Å². The fourth-order valence-electron chi connectivity index (χ4n) is 2.95. The van der Waals surface area contributed by atoms with Gasteiger partial charge in [-0.2, -0.15) is 0 Å². The van der Waals surface area contributed by atoms with Crippen LogP contribution in [0.5, 0.6) is 0 Å². The summed E-state index contributed by atoms with van der Waals surface area (Å²) in [6.07, 6.45) is 4.95. The lowest BCUT2D eigenvalue weighted by Crippen LogP contribution is -2.04. The Bertz CT molecular complexity index is 754. The molecule has 0 aliphatic carbocycles. The molecule has 2 nitrogen and oxygen atoms in total. The van der Waals surface area contributed by atoms with Gasteiger partial charge in [0.05, 0.1) is 5.69 Å². The Kier molecular flexibility index (Phi) is 3.61. The van der Waals surface area contributed by atoms with E-state index in [1.54, 1.807) is 0 Å². The molecule has 0 saturated carbocycles. The number of hydrogen-bond donors (Lipinski definition) is 0. The Labute approximate surface area is 126 Å². The molecule has 0 saturated heterocycles. The number of imidazole rings is 1. The van der Waals surface area contributed by atoms with Crippen molar-refractivity contribution in [1.29, 1.82) is 0 Å². The average molecular weight is 276 g/mol. The first-order chi connectivity index (χ1) is 10.2. The topological polar surface area (TPSA) is 17.8 Å². The second kappa shape index (κ2) is 5.57. The second-order valence-electron chi connectivity index (χ2n) is 5.43. The minimum atomic E-state index is 0.997. The molecule has 106 valence electrons. The lowest BCUT2D eigenvalue weighted by molar-refractivity contribution is 0.992. The predicted molar refractivity (Wildman–Crippen MR) is 87.9 cm³/mol. The highest BCUT2D eigenvalue weighted by Crippen LogP contribution is 2.27. The number of benzene rings is 2. The van der Waals surface area contributed by atoms with Crippen molar-refractivity contribution in [3.8, 4) is 17.1 Å². The fourth-order valence-corrected chi connectivity index (χ4v) is 2.95. The molecule has 0 aliphatic rings. The maximum Gasteiger partial charge on any atom is 0.144 e. The molecule has 1 aromatic heterocycles. The van der Waals surface area contributed by atoms with Gasteiger partial charge in [-0.15, -0.1) is 0 Å². The molecule has 0 bridgehead atoms. The van der Waals surface area contributed by atoms with E-state index in [-0.39, 0.29) is 0 Å². The highest BCUT2D eigenvalue weighted by Gasteiger charge is 2.13. The molecule has 0 amide bonds. The Balaban J connectivity index is 2.22. The van der Waals surface area contributed by atoms with Gasteiger partial charge in [-0.25, -0.2) is 4.98 Å². The molecular formula is C19H20N2. The smallest absolute Gasteiger partial charge is 0.144 e. The zero-order chi connectivity index (χ0) is 14.8. The first kappa shape index (κ1) is 13.6. The van der Waals surface area contributed by atoms with E-state index in [1.165, 1.54) is 22.4 Å². The van der Waals surface area contributed by atoms with Crippen LogP contribution in [0.1, 0.15) is 23.6 Å². The zero-order valence-corrected chi connectivity index (χ0v) is 12.8.